The molecule has 2 rings (SSSR count). The van der Waals surface area contributed by atoms with Crippen LogP contribution in [0.1, 0.15) is 29.5 Å². The van der Waals surface area contributed by atoms with Gasteiger partial charge in [-0.15, -0.1) is 0 Å². The Morgan fingerprint density at radius 3 is 3.06 bits per heavy atom. The van der Waals surface area contributed by atoms with E-state index in [9.17, 15) is 9.59 Å². The summed E-state index contributed by atoms with van der Waals surface area (Å²) < 4.78 is 5.19. The van der Waals surface area contributed by atoms with Gasteiger partial charge in [-0.1, -0.05) is 0 Å². The predicted octanol–water partition coefficient (Wildman–Crippen LogP) is 0.688. The molecule has 0 saturated carbocycles. The first-order valence-electron chi connectivity index (χ1n) is 5.85. The van der Waals surface area contributed by atoms with Crippen LogP contribution in [0.2, 0.25) is 0 Å². The van der Waals surface area contributed by atoms with E-state index < -0.39 is 5.97 Å². The standard InChI is InChI=1S/C12H16N2O4/c1-8(15)13-9-2-4-14(6-9)7-11-10(12(16)17)3-5-18-11/h3,5,9H,2,4,6-7H2,1H3,(H,13,15)(H,16,17). The van der Waals surface area contributed by atoms with Crippen LogP contribution in [0, 0.1) is 0 Å². The first-order chi connectivity index (χ1) is 8.56. The summed E-state index contributed by atoms with van der Waals surface area (Å²) >= 11 is 0. The van der Waals surface area contributed by atoms with E-state index in [0.29, 0.717) is 12.3 Å². The minimum atomic E-state index is -0.976. The molecule has 1 aliphatic heterocycles. The quantitative estimate of drug-likeness (QED) is 0.823. The zero-order chi connectivity index (χ0) is 13.1. The van der Waals surface area contributed by atoms with Crippen LogP contribution in [-0.4, -0.2) is 41.0 Å². The number of carboxylic acid groups (broad SMARTS) is 1. The Morgan fingerprint density at radius 1 is 1.61 bits per heavy atom. The first-order valence-corrected chi connectivity index (χ1v) is 5.85. The van der Waals surface area contributed by atoms with E-state index in [4.69, 9.17) is 9.52 Å². The van der Waals surface area contributed by atoms with E-state index in [1.807, 2.05) is 0 Å². The summed E-state index contributed by atoms with van der Waals surface area (Å²) in [4.78, 5) is 23.9. The van der Waals surface area contributed by atoms with Crippen molar-refractivity contribution in [2.75, 3.05) is 13.1 Å². The number of amides is 1. The molecule has 0 spiro atoms. The van der Waals surface area contributed by atoms with Gasteiger partial charge in [0.2, 0.25) is 5.91 Å². The van der Waals surface area contributed by atoms with E-state index in [1.165, 1.54) is 19.3 Å². The van der Waals surface area contributed by atoms with Crippen molar-refractivity contribution in [1.29, 1.82) is 0 Å². The zero-order valence-corrected chi connectivity index (χ0v) is 10.2. The molecule has 1 aromatic rings. The van der Waals surface area contributed by atoms with Crippen molar-refractivity contribution in [2.24, 2.45) is 0 Å². The lowest BCUT2D eigenvalue weighted by Gasteiger charge is -2.15. The first kappa shape index (κ1) is 12.6. The summed E-state index contributed by atoms with van der Waals surface area (Å²) in [7, 11) is 0. The average molecular weight is 252 g/mol. The molecule has 0 radical (unpaired) electrons. The molecule has 18 heavy (non-hydrogen) atoms. The number of nitrogens with one attached hydrogen (secondary N) is 1. The monoisotopic (exact) mass is 252 g/mol. The smallest absolute Gasteiger partial charge is 0.339 e. The van der Waals surface area contributed by atoms with Crippen LogP contribution in [0.25, 0.3) is 0 Å². The highest BCUT2D eigenvalue weighted by Gasteiger charge is 2.25. The van der Waals surface area contributed by atoms with E-state index >= 15 is 0 Å². The van der Waals surface area contributed by atoms with Gasteiger partial charge in [-0.25, -0.2) is 4.79 Å². The van der Waals surface area contributed by atoms with E-state index in [1.54, 1.807) is 0 Å². The zero-order valence-electron chi connectivity index (χ0n) is 10.2. The fraction of sp³-hybridized carbons (Fsp3) is 0.500. The third-order valence-corrected chi connectivity index (χ3v) is 3.02. The topological polar surface area (TPSA) is 82.8 Å². The van der Waals surface area contributed by atoms with Gasteiger partial charge in [-0.2, -0.15) is 0 Å². The molecule has 0 aliphatic carbocycles. The van der Waals surface area contributed by atoms with E-state index in [2.05, 4.69) is 10.2 Å². The van der Waals surface area contributed by atoms with Crippen molar-refractivity contribution in [3.05, 3.63) is 23.7 Å². The SMILES string of the molecule is CC(=O)NC1CCN(Cc2occc2C(=O)O)C1. The Hall–Kier alpha value is -1.82. The lowest BCUT2D eigenvalue weighted by Crippen LogP contribution is -2.35. The third-order valence-electron chi connectivity index (χ3n) is 3.02. The fourth-order valence-corrected chi connectivity index (χ4v) is 2.24. The summed E-state index contributed by atoms with van der Waals surface area (Å²) in [6, 6.07) is 1.60. The molecule has 0 aromatic carbocycles. The number of carbonyl (C=O) groups is 2. The summed E-state index contributed by atoms with van der Waals surface area (Å²) in [5, 5.41) is 11.8. The number of aromatic carboxylic acids is 1. The van der Waals surface area contributed by atoms with Crippen LogP contribution in [0.15, 0.2) is 16.7 Å². The molecule has 6 heteroatoms. The van der Waals surface area contributed by atoms with Gasteiger partial charge in [-0.05, 0) is 12.5 Å². The molecule has 1 aromatic heterocycles. The van der Waals surface area contributed by atoms with Crippen LogP contribution in [0.3, 0.4) is 0 Å². The fourth-order valence-electron chi connectivity index (χ4n) is 2.24. The van der Waals surface area contributed by atoms with Gasteiger partial charge < -0.3 is 14.8 Å². The number of rotatable bonds is 4. The molecule has 1 unspecified atom stereocenters. The highest BCUT2D eigenvalue weighted by Crippen LogP contribution is 2.17. The Balaban J connectivity index is 1.93. The second kappa shape index (κ2) is 5.22. The van der Waals surface area contributed by atoms with Gasteiger partial charge in [0, 0.05) is 26.1 Å². The predicted molar refractivity (Wildman–Crippen MR) is 63.2 cm³/mol. The summed E-state index contributed by atoms with van der Waals surface area (Å²) in [6.07, 6.45) is 2.27. The molecule has 6 nitrogen and oxygen atoms in total. The average Bonchev–Trinajstić information content (AvgIpc) is 2.87. The highest BCUT2D eigenvalue weighted by molar-refractivity contribution is 5.88. The molecule has 2 heterocycles. The normalized spacial score (nSPS) is 19.9. The van der Waals surface area contributed by atoms with E-state index in [0.717, 1.165) is 19.5 Å². The van der Waals surface area contributed by atoms with Crippen molar-refractivity contribution < 1.29 is 19.1 Å². The largest absolute Gasteiger partial charge is 0.478 e. The van der Waals surface area contributed by atoms with Crippen molar-refractivity contribution in [2.45, 2.75) is 25.9 Å². The van der Waals surface area contributed by atoms with Gasteiger partial charge in [0.25, 0.3) is 0 Å². The molecule has 1 saturated heterocycles. The number of hydrogen-bond acceptors (Lipinski definition) is 4. The molecule has 0 bridgehead atoms. The van der Waals surface area contributed by atoms with Crippen LogP contribution < -0.4 is 5.32 Å². The lowest BCUT2D eigenvalue weighted by atomic mass is 10.2. The Kier molecular flexibility index (Phi) is 3.66. The minimum Gasteiger partial charge on any atom is -0.478 e. The maximum atomic E-state index is 10.9. The number of carboxylic acids is 1. The van der Waals surface area contributed by atoms with Crippen molar-refractivity contribution in [3.63, 3.8) is 0 Å². The van der Waals surface area contributed by atoms with E-state index in [-0.39, 0.29) is 17.5 Å². The summed E-state index contributed by atoms with van der Waals surface area (Å²) in [5.41, 5.74) is 0.206. The van der Waals surface area contributed by atoms with Crippen LogP contribution in [-0.2, 0) is 11.3 Å². The van der Waals surface area contributed by atoms with Gasteiger partial charge in [0.15, 0.2) is 0 Å². The minimum absolute atomic E-state index is 0.0360. The second-order valence-electron chi connectivity index (χ2n) is 4.48. The Labute approximate surface area is 105 Å². The van der Waals surface area contributed by atoms with Gasteiger partial charge in [0.05, 0.1) is 12.8 Å². The molecule has 2 N–H and O–H groups in total. The number of furan rings is 1. The molecule has 1 amide bonds. The third kappa shape index (κ3) is 2.89. The van der Waals surface area contributed by atoms with Crippen molar-refractivity contribution in [3.8, 4) is 0 Å². The summed E-state index contributed by atoms with van der Waals surface area (Å²) in [5.74, 6) is -0.548. The van der Waals surface area contributed by atoms with Gasteiger partial charge in [0.1, 0.15) is 11.3 Å². The maximum absolute atomic E-state index is 10.9. The number of nitrogens with zero attached hydrogens (tertiary/aromatic N) is 1. The Morgan fingerprint density at radius 2 is 2.39 bits per heavy atom. The van der Waals surface area contributed by atoms with Crippen molar-refractivity contribution >= 4 is 11.9 Å². The molecule has 1 atom stereocenters. The van der Waals surface area contributed by atoms with Crippen LogP contribution in [0.5, 0.6) is 0 Å². The van der Waals surface area contributed by atoms with Crippen LogP contribution in [0.4, 0.5) is 0 Å². The molecular formula is C12H16N2O4. The highest BCUT2D eigenvalue weighted by atomic mass is 16.4. The maximum Gasteiger partial charge on any atom is 0.339 e. The van der Waals surface area contributed by atoms with Crippen molar-refractivity contribution in [1.82, 2.24) is 10.2 Å². The Bertz CT molecular complexity index is 455. The van der Waals surface area contributed by atoms with Crippen LogP contribution >= 0.6 is 0 Å². The van der Waals surface area contributed by atoms with Gasteiger partial charge in [-0.3, -0.25) is 9.69 Å². The molecular weight excluding hydrogens is 236 g/mol. The molecule has 1 fully saturated rings. The molecule has 1 aliphatic rings. The number of hydrogen-bond donors (Lipinski definition) is 2. The molecule has 98 valence electrons. The number of carbonyl (C=O) groups excluding carboxylic acids is 1. The lowest BCUT2D eigenvalue weighted by molar-refractivity contribution is -0.119. The summed E-state index contributed by atoms with van der Waals surface area (Å²) in [6.45, 7) is 3.51. The number of likely N-dealkylation sites (tertiary alicyclic amines) is 1. The van der Waals surface area contributed by atoms with Gasteiger partial charge >= 0.3 is 5.97 Å². The second-order valence-corrected chi connectivity index (χ2v) is 4.48.